The quantitative estimate of drug-likeness (QED) is 0.913. The smallest absolute Gasteiger partial charge is 0.125 e. The first-order valence-electron chi connectivity index (χ1n) is 7.47. The minimum absolute atomic E-state index is 0.157. The lowest BCUT2D eigenvalue weighted by Gasteiger charge is -2.11. The number of anilines is 1. The fourth-order valence-electron chi connectivity index (χ4n) is 2.41. The van der Waals surface area contributed by atoms with Crippen LogP contribution in [0.25, 0.3) is 11.3 Å². The number of hydrogen-bond acceptors (Lipinski definition) is 3. The number of aryl methyl sites for hydroxylation is 1. The van der Waals surface area contributed by atoms with E-state index in [-0.39, 0.29) is 6.10 Å². The molecule has 4 nitrogen and oxygen atoms in total. The van der Waals surface area contributed by atoms with E-state index in [1.807, 2.05) is 39.1 Å². The number of nitrogen functional groups attached to an aromatic ring is 1. The zero-order chi connectivity index (χ0) is 15.6. The molecule has 1 aromatic carbocycles. The Bertz CT molecular complexity index is 614. The molecule has 0 aliphatic rings. The van der Waals surface area contributed by atoms with Gasteiger partial charge in [-0.2, -0.15) is 5.10 Å². The summed E-state index contributed by atoms with van der Waals surface area (Å²) < 4.78 is 7.52. The van der Waals surface area contributed by atoms with E-state index in [0.717, 1.165) is 34.8 Å². The summed E-state index contributed by atoms with van der Waals surface area (Å²) in [5, 5.41) is 4.59. The standard InChI is InChI=1S/C17H25N3O/c1-11(2)9-15-16(19-20(5)17(15)18)13-7-6-8-14(10-13)21-12(3)4/h6-8,10-12H,9,18H2,1-5H3. The van der Waals surface area contributed by atoms with Crippen molar-refractivity contribution in [1.82, 2.24) is 9.78 Å². The molecule has 2 rings (SSSR count). The number of benzene rings is 1. The van der Waals surface area contributed by atoms with E-state index < -0.39 is 0 Å². The molecule has 1 heterocycles. The van der Waals surface area contributed by atoms with Gasteiger partial charge in [0, 0.05) is 18.2 Å². The van der Waals surface area contributed by atoms with Crippen LogP contribution in [-0.4, -0.2) is 15.9 Å². The van der Waals surface area contributed by atoms with Crippen LogP contribution < -0.4 is 10.5 Å². The summed E-state index contributed by atoms with van der Waals surface area (Å²) in [5.74, 6) is 2.14. The van der Waals surface area contributed by atoms with Crippen LogP contribution in [0.1, 0.15) is 33.3 Å². The summed E-state index contributed by atoms with van der Waals surface area (Å²) in [6, 6.07) is 8.05. The first-order valence-corrected chi connectivity index (χ1v) is 7.47. The molecule has 0 atom stereocenters. The van der Waals surface area contributed by atoms with Crippen LogP contribution in [0, 0.1) is 5.92 Å². The molecule has 114 valence electrons. The van der Waals surface area contributed by atoms with Gasteiger partial charge in [-0.15, -0.1) is 0 Å². The second kappa shape index (κ2) is 6.20. The Morgan fingerprint density at radius 2 is 1.95 bits per heavy atom. The minimum atomic E-state index is 0.157. The van der Waals surface area contributed by atoms with Gasteiger partial charge in [0.25, 0.3) is 0 Å². The molecule has 0 unspecified atom stereocenters. The summed E-state index contributed by atoms with van der Waals surface area (Å²) in [6.45, 7) is 8.42. The van der Waals surface area contributed by atoms with Crippen LogP contribution >= 0.6 is 0 Å². The molecule has 4 heteroatoms. The van der Waals surface area contributed by atoms with Crippen LogP contribution in [0.5, 0.6) is 5.75 Å². The highest BCUT2D eigenvalue weighted by Crippen LogP contribution is 2.31. The van der Waals surface area contributed by atoms with Gasteiger partial charge >= 0.3 is 0 Å². The number of rotatable bonds is 5. The summed E-state index contributed by atoms with van der Waals surface area (Å²) in [7, 11) is 1.89. The Labute approximate surface area is 126 Å². The second-order valence-corrected chi connectivity index (χ2v) is 6.13. The monoisotopic (exact) mass is 287 g/mol. The molecule has 0 fully saturated rings. The lowest BCUT2D eigenvalue weighted by Crippen LogP contribution is -2.05. The van der Waals surface area contributed by atoms with Crippen molar-refractivity contribution in [2.24, 2.45) is 13.0 Å². The van der Waals surface area contributed by atoms with Crippen molar-refractivity contribution < 1.29 is 4.74 Å². The number of nitrogens with zero attached hydrogens (tertiary/aromatic N) is 2. The van der Waals surface area contributed by atoms with Gasteiger partial charge < -0.3 is 10.5 Å². The summed E-state index contributed by atoms with van der Waals surface area (Å²) in [4.78, 5) is 0. The van der Waals surface area contributed by atoms with Gasteiger partial charge in [0.1, 0.15) is 11.6 Å². The maximum Gasteiger partial charge on any atom is 0.125 e. The Morgan fingerprint density at radius 3 is 2.57 bits per heavy atom. The highest BCUT2D eigenvalue weighted by Gasteiger charge is 2.17. The fraction of sp³-hybridized carbons (Fsp3) is 0.471. The number of aromatic nitrogens is 2. The lowest BCUT2D eigenvalue weighted by atomic mass is 9.99. The first-order chi connectivity index (χ1) is 9.88. The van der Waals surface area contributed by atoms with E-state index in [2.05, 4.69) is 25.0 Å². The molecule has 1 aromatic heterocycles. The largest absolute Gasteiger partial charge is 0.491 e. The van der Waals surface area contributed by atoms with Crippen LogP contribution in [0.2, 0.25) is 0 Å². The van der Waals surface area contributed by atoms with Gasteiger partial charge in [0.15, 0.2) is 0 Å². The van der Waals surface area contributed by atoms with Crippen molar-refractivity contribution in [3.63, 3.8) is 0 Å². The van der Waals surface area contributed by atoms with Crippen LogP contribution in [-0.2, 0) is 13.5 Å². The number of hydrogen-bond donors (Lipinski definition) is 1. The molecular weight excluding hydrogens is 262 g/mol. The van der Waals surface area contributed by atoms with E-state index in [0.29, 0.717) is 5.92 Å². The molecule has 0 aliphatic heterocycles. The zero-order valence-corrected chi connectivity index (χ0v) is 13.6. The Kier molecular flexibility index (Phi) is 4.56. The maximum absolute atomic E-state index is 6.18. The molecule has 21 heavy (non-hydrogen) atoms. The van der Waals surface area contributed by atoms with Crippen molar-refractivity contribution in [2.75, 3.05) is 5.73 Å². The Hall–Kier alpha value is -1.97. The van der Waals surface area contributed by atoms with Gasteiger partial charge in [-0.05, 0) is 38.3 Å². The number of nitrogens with two attached hydrogens (primary N) is 1. The minimum Gasteiger partial charge on any atom is -0.491 e. The zero-order valence-electron chi connectivity index (χ0n) is 13.6. The van der Waals surface area contributed by atoms with Gasteiger partial charge in [0.05, 0.1) is 11.8 Å². The topological polar surface area (TPSA) is 53.1 Å². The third-order valence-corrected chi connectivity index (χ3v) is 3.29. The predicted octanol–water partition coefficient (Wildman–Crippen LogP) is 3.66. The van der Waals surface area contributed by atoms with Crippen molar-refractivity contribution in [2.45, 2.75) is 40.2 Å². The van der Waals surface area contributed by atoms with Crippen LogP contribution in [0.4, 0.5) is 5.82 Å². The molecule has 0 amide bonds. The molecule has 2 N–H and O–H groups in total. The van der Waals surface area contributed by atoms with Crippen molar-refractivity contribution in [1.29, 1.82) is 0 Å². The third-order valence-electron chi connectivity index (χ3n) is 3.29. The predicted molar refractivity (Wildman–Crippen MR) is 87.4 cm³/mol. The fourth-order valence-corrected chi connectivity index (χ4v) is 2.41. The highest BCUT2D eigenvalue weighted by atomic mass is 16.5. The molecule has 0 saturated heterocycles. The van der Waals surface area contributed by atoms with Gasteiger partial charge in [-0.25, -0.2) is 0 Å². The molecule has 0 aliphatic carbocycles. The van der Waals surface area contributed by atoms with Crippen LogP contribution in [0.3, 0.4) is 0 Å². The van der Waals surface area contributed by atoms with Gasteiger partial charge in [0.2, 0.25) is 0 Å². The summed E-state index contributed by atoms with van der Waals surface area (Å²) >= 11 is 0. The first kappa shape index (κ1) is 15.4. The summed E-state index contributed by atoms with van der Waals surface area (Å²) in [5.41, 5.74) is 9.31. The summed E-state index contributed by atoms with van der Waals surface area (Å²) in [6.07, 6.45) is 1.08. The van der Waals surface area contributed by atoms with Crippen molar-refractivity contribution in [3.8, 4) is 17.0 Å². The SMILES string of the molecule is CC(C)Cc1c(-c2cccc(OC(C)C)c2)nn(C)c1N. The molecule has 0 radical (unpaired) electrons. The van der Waals surface area contributed by atoms with Crippen molar-refractivity contribution in [3.05, 3.63) is 29.8 Å². The van der Waals surface area contributed by atoms with Crippen molar-refractivity contribution >= 4 is 5.82 Å². The highest BCUT2D eigenvalue weighted by molar-refractivity contribution is 5.69. The Morgan fingerprint density at radius 1 is 1.24 bits per heavy atom. The maximum atomic E-state index is 6.18. The average molecular weight is 287 g/mol. The third kappa shape index (κ3) is 3.57. The van der Waals surface area contributed by atoms with E-state index >= 15 is 0 Å². The van der Waals surface area contributed by atoms with E-state index in [1.54, 1.807) is 4.68 Å². The van der Waals surface area contributed by atoms with Crippen LogP contribution in [0.15, 0.2) is 24.3 Å². The molecular formula is C17H25N3O. The van der Waals surface area contributed by atoms with E-state index in [4.69, 9.17) is 10.5 Å². The molecule has 0 spiro atoms. The van der Waals surface area contributed by atoms with Gasteiger partial charge in [-0.1, -0.05) is 26.0 Å². The molecule has 0 saturated carbocycles. The van der Waals surface area contributed by atoms with Gasteiger partial charge in [-0.3, -0.25) is 4.68 Å². The molecule has 2 aromatic rings. The number of ether oxygens (including phenoxy) is 1. The average Bonchev–Trinajstić information content (AvgIpc) is 2.66. The normalized spacial score (nSPS) is 11.4. The molecule has 0 bridgehead atoms. The second-order valence-electron chi connectivity index (χ2n) is 6.13. The van der Waals surface area contributed by atoms with E-state index in [9.17, 15) is 0 Å². The Balaban J connectivity index is 2.44. The van der Waals surface area contributed by atoms with E-state index in [1.165, 1.54) is 0 Å². The lowest BCUT2D eigenvalue weighted by molar-refractivity contribution is 0.242.